The average Bonchev–Trinajstić information content (AvgIpc) is 2.42. The highest BCUT2D eigenvalue weighted by Gasteiger charge is 2.30. The van der Waals surface area contributed by atoms with E-state index < -0.39 is 11.7 Å². The van der Waals surface area contributed by atoms with Gasteiger partial charge in [-0.25, -0.2) is 0 Å². The lowest BCUT2D eigenvalue weighted by atomic mass is 10.0. The number of benzene rings is 2. The van der Waals surface area contributed by atoms with Gasteiger partial charge in [0.15, 0.2) is 0 Å². The van der Waals surface area contributed by atoms with Crippen molar-refractivity contribution >= 4 is 17.3 Å². The maximum Gasteiger partial charge on any atom is 0.416 e. The second-order valence-electron chi connectivity index (χ2n) is 4.95. The first-order valence-electron chi connectivity index (χ1n) is 6.47. The quantitative estimate of drug-likeness (QED) is 0.750. The summed E-state index contributed by atoms with van der Waals surface area (Å²) in [7, 11) is 0. The topological polar surface area (TPSA) is 12.0 Å². The van der Waals surface area contributed by atoms with Gasteiger partial charge in [-0.3, -0.25) is 0 Å². The summed E-state index contributed by atoms with van der Waals surface area (Å²) >= 11 is 5.95. The van der Waals surface area contributed by atoms with Crippen LogP contribution in [0.15, 0.2) is 42.5 Å². The van der Waals surface area contributed by atoms with Crippen LogP contribution < -0.4 is 5.32 Å². The molecule has 0 heterocycles. The highest BCUT2D eigenvalue weighted by atomic mass is 35.5. The van der Waals surface area contributed by atoms with Gasteiger partial charge < -0.3 is 5.32 Å². The largest absolute Gasteiger partial charge is 0.416 e. The zero-order chi connectivity index (χ0) is 15.6. The van der Waals surface area contributed by atoms with Gasteiger partial charge in [0, 0.05) is 16.8 Å². The molecule has 0 aliphatic heterocycles. The minimum atomic E-state index is -4.31. The third-order valence-electron chi connectivity index (χ3n) is 3.31. The van der Waals surface area contributed by atoms with E-state index in [-0.39, 0.29) is 6.04 Å². The molecule has 1 atom stereocenters. The molecule has 0 spiro atoms. The Morgan fingerprint density at radius 3 is 2.24 bits per heavy atom. The molecule has 2 aromatic carbocycles. The van der Waals surface area contributed by atoms with Crippen LogP contribution in [0.1, 0.15) is 29.7 Å². The lowest BCUT2D eigenvalue weighted by molar-refractivity contribution is -0.137. The maximum atomic E-state index is 12.5. The Kier molecular flexibility index (Phi) is 4.47. The van der Waals surface area contributed by atoms with Gasteiger partial charge >= 0.3 is 6.18 Å². The number of nitrogens with one attached hydrogen (secondary N) is 1. The molecule has 112 valence electrons. The van der Waals surface area contributed by atoms with Crippen LogP contribution >= 0.6 is 11.6 Å². The van der Waals surface area contributed by atoms with Crippen molar-refractivity contribution in [2.45, 2.75) is 26.1 Å². The smallest absolute Gasteiger partial charge is 0.378 e. The van der Waals surface area contributed by atoms with E-state index in [9.17, 15) is 13.2 Å². The second kappa shape index (κ2) is 5.98. The fourth-order valence-corrected chi connectivity index (χ4v) is 2.20. The Bertz CT molecular complexity index is 620. The molecule has 21 heavy (non-hydrogen) atoms. The lowest BCUT2D eigenvalue weighted by Crippen LogP contribution is -2.09. The Morgan fingerprint density at radius 1 is 1.05 bits per heavy atom. The van der Waals surface area contributed by atoms with Gasteiger partial charge in [-0.2, -0.15) is 13.2 Å². The molecule has 2 aromatic rings. The van der Waals surface area contributed by atoms with E-state index >= 15 is 0 Å². The molecule has 0 aromatic heterocycles. The molecular weight excluding hydrogens is 299 g/mol. The molecule has 0 radical (unpaired) electrons. The molecule has 0 amide bonds. The zero-order valence-electron chi connectivity index (χ0n) is 11.6. The second-order valence-corrected chi connectivity index (χ2v) is 5.38. The van der Waals surface area contributed by atoms with Crippen LogP contribution in [0.3, 0.4) is 0 Å². The van der Waals surface area contributed by atoms with E-state index in [1.54, 1.807) is 12.1 Å². The molecule has 0 saturated carbocycles. The van der Waals surface area contributed by atoms with Crippen molar-refractivity contribution in [3.63, 3.8) is 0 Å². The Balaban J connectivity index is 2.17. The van der Waals surface area contributed by atoms with E-state index in [4.69, 9.17) is 11.6 Å². The van der Waals surface area contributed by atoms with Crippen LogP contribution in [0, 0.1) is 6.92 Å². The molecule has 0 saturated heterocycles. The molecule has 5 heteroatoms. The molecular formula is C16H15ClF3N. The van der Waals surface area contributed by atoms with Gasteiger partial charge in [-0.1, -0.05) is 29.8 Å². The van der Waals surface area contributed by atoms with Crippen LogP contribution in [-0.4, -0.2) is 0 Å². The summed E-state index contributed by atoms with van der Waals surface area (Å²) in [5, 5.41) is 3.87. The van der Waals surface area contributed by atoms with Crippen LogP contribution in [0.5, 0.6) is 0 Å². The fraction of sp³-hybridized carbons (Fsp3) is 0.250. The van der Waals surface area contributed by atoms with E-state index in [0.29, 0.717) is 5.02 Å². The molecule has 1 unspecified atom stereocenters. The lowest BCUT2D eigenvalue weighted by Gasteiger charge is -2.18. The Morgan fingerprint density at radius 2 is 1.67 bits per heavy atom. The van der Waals surface area contributed by atoms with Gasteiger partial charge in [0.25, 0.3) is 0 Å². The molecule has 2 rings (SSSR count). The van der Waals surface area contributed by atoms with Crippen molar-refractivity contribution in [1.29, 1.82) is 0 Å². The number of halogens is 4. The predicted molar refractivity (Wildman–Crippen MR) is 79.7 cm³/mol. The zero-order valence-corrected chi connectivity index (χ0v) is 12.4. The average molecular weight is 314 g/mol. The number of hydrogen-bond donors (Lipinski definition) is 1. The van der Waals surface area contributed by atoms with Gasteiger partial charge in [0.1, 0.15) is 0 Å². The van der Waals surface area contributed by atoms with E-state index in [2.05, 4.69) is 5.32 Å². The summed E-state index contributed by atoms with van der Waals surface area (Å²) in [5.41, 5.74) is 2.04. The number of hydrogen-bond acceptors (Lipinski definition) is 1. The van der Waals surface area contributed by atoms with Crippen LogP contribution in [0.25, 0.3) is 0 Å². The minimum absolute atomic E-state index is 0.121. The summed E-state index contributed by atoms with van der Waals surface area (Å²) in [4.78, 5) is 0. The van der Waals surface area contributed by atoms with Crippen molar-refractivity contribution < 1.29 is 13.2 Å². The Labute approximate surface area is 126 Å². The number of rotatable bonds is 3. The van der Waals surface area contributed by atoms with Crippen molar-refractivity contribution in [3.05, 3.63) is 64.2 Å². The third-order valence-corrected chi connectivity index (χ3v) is 3.54. The molecule has 0 aliphatic carbocycles. The number of aryl methyl sites for hydroxylation is 1. The number of anilines is 1. The van der Waals surface area contributed by atoms with Gasteiger partial charge in [-0.05, 0) is 49.2 Å². The standard InChI is InChI=1S/C16H15ClF3N/c1-10-3-8-14(17)9-15(10)21-11(2)12-4-6-13(7-5-12)16(18,19)20/h3-9,11,21H,1-2H3. The first kappa shape index (κ1) is 15.7. The molecule has 0 aliphatic rings. The molecule has 1 nitrogen and oxygen atoms in total. The first-order valence-corrected chi connectivity index (χ1v) is 6.85. The van der Waals surface area contributed by atoms with Crippen LogP contribution in [-0.2, 0) is 6.18 Å². The van der Waals surface area contributed by atoms with Gasteiger partial charge in [0.05, 0.1) is 5.56 Å². The monoisotopic (exact) mass is 313 g/mol. The van der Waals surface area contributed by atoms with Crippen molar-refractivity contribution in [2.24, 2.45) is 0 Å². The normalized spacial score (nSPS) is 13.0. The summed E-state index contributed by atoms with van der Waals surface area (Å²) in [6.07, 6.45) is -4.31. The van der Waals surface area contributed by atoms with Gasteiger partial charge in [-0.15, -0.1) is 0 Å². The van der Waals surface area contributed by atoms with Gasteiger partial charge in [0.2, 0.25) is 0 Å². The molecule has 1 N–H and O–H groups in total. The maximum absolute atomic E-state index is 12.5. The molecule has 0 bridgehead atoms. The highest BCUT2D eigenvalue weighted by molar-refractivity contribution is 6.30. The van der Waals surface area contributed by atoms with Crippen molar-refractivity contribution in [2.75, 3.05) is 5.32 Å². The Hall–Kier alpha value is -1.68. The van der Waals surface area contributed by atoms with E-state index in [0.717, 1.165) is 28.9 Å². The van der Waals surface area contributed by atoms with Crippen molar-refractivity contribution in [3.8, 4) is 0 Å². The predicted octanol–water partition coefficient (Wildman–Crippen LogP) is 5.84. The minimum Gasteiger partial charge on any atom is -0.378 e. The number of alkyl halides is 3. The summed E-state index contributed by atoms with van der Waals surface area (Å²) in [6.45, 7) is 3.83. The highest BCUT2D eigenvalue weighted by Crippen LogP contribution is 2.31. The first-order chi connectivity index (χ1) is 9.77. The van der Waals surface area contributed by atoms with Crippen LogP contribution in [0.2, 0.25) is 5.02 Å². The van der Waals surface area contributed by atoms with Crippen LogP contribution in [0.4, 0.5) is 18.9 Å². The summed E-state index contributed by atoms with van der Waals surface area (Å²) < 4.78 is 37.6. The summed E-state index contributed by atoms with van der Waals surface area (Å²) in [6, 6.07) is 10.5. The van der Waals surface area contributed by atoms with E-state index in [1.807, 2.05) is 19.9 Å². The third kappa shape index (κ3) is 3.91. The summed E-state index contributed by atoms with van der Waals surface area (Å²) in [5.74, 6) is 0. The van der Waals surface area contributed by atoms with Crippen molar-refractivity contribution in [1.82, 2.24) is 0 Å². The van der Waals surface area contributed by atoms with E-state index in [1.165, 1.54) is 12.1 Å². The SMILES string of the molecule is Cc1ccc(Cl)cc1NC(C)c1ccc(C(F)(F)F)cc1. The fourth-order valence-electron chi connectivity index (χ4n) is 2.03. The molecule has 0 fully saturated rings.